The second-order valence-corrected chi connectivity index (χ2v) is 5.96. The molecule has 0 aliphatic heterocycles. The van der Waals surface area contributed by atoms with Gasteiger partial charge in [0.05, 0.1) is 10.6 Å². The van der Waals surface area contributed by atoms with Gasteiger partial charge < -0.3 is 5.73 Å². The normalized spacial score (nSPS) is 14.1. The van der Waals surface area contributed by atoms with Crippen LogP contribution in [-0.2, 0) is 26.3 Å². The third-order valence-electron chi connectivity index (χ3n) is 3.45. The van der Waals surface area contributed by atoms with E-state index in [1.165, 1.54) is 23.3 Å². The summed E-state index contributed by atoms with van der Waals surface area (Å²) in [5, 5.41) is 5.38. The summed E-state index contributed by atoms with van der Waals surface area (Å²) in [4.78, 5) is 6.11. The smallest absolute Gasteiger partial charge is 0.161 e. The summed E-state index contributed by atoms with van der Waals surface area (Å²) in [6.45, 7) is 2.15. The molecule has 2 heterocycles. The molecule has 0 saturated heterocycles. The molecule has 18 heavy (non-hydrogen) atoms. The van der Waals surface area contributed by atoms with Gasteiger partial charge in [0.25, 0.3) is 0 Å². The van der Waals surface area contributed by atoms with Crippen LogP contribution in [0.3, 0.4) is 0 Å². The molecular weight excluding hydrogens is 244 g/mol. The van der Waals surface area contributed by atoms with Crippen LogP contribution in [-0.4, -0.2) is 14.8 Å². The Labute approximate surface area is 111 Å². The van der Waals surface area contributed by atoms with Gasteiger partial charge >= 0.3 is 0 Å². The van der Waals surface area contributed by atoms with Crippen LogP contribution in [0.15, 0.2) is 0 Å². The highest BCUT2D eigenvalue weighted by molar-refractivity contribution is 7.16. The molecule has 0 saturated carbocycles. The molecule has 0 bridgehead atoms. The lowest BCUT2D eigenvalue weighted by atomic mass is 10.1. The van der Waals surface area contributed by atoms with Gasteiger partial charge in [0.1, 0.15) is 0 Å². The maximum absolute atomic E-state index is 6.17. The Kier molecular flexibility index (Phi) is 2.86. The Morgan fingerprint density at radius 2 is 2.22 bits per heavy atom. The predicted molar refractivity (Wildman–Crippen MR) is 74.7 cm³/mol. The van der Waals surface area contributed by atoms with Crippen LogP contribution < -0.4 is 5.73 Å². The van der Waals surface area contributed by atoms with E-state index in [9.17, 15) is 0 Å². The van der Waals surface area contributed by atoms with Crippen molar-refractivity contribution in [3.63, 3.8) is 0 Å². The van der Waals surface area contributed by atoms with Crippen LogP contribution in [0, 0.1) is 0 Å². The molecule has 0 unspecified atom stereocenters. The minimum absolute atomic E-state index is 0.901. The third-order valence-corrected chi connectivity index (χ3v) is 4.57. The molecule has 0 radical (unpaired) electrons. The molecular formula is C13H18N4S. The largest absolute Gasteiger partial charge is 0.390 e. The van der Waals surface area contributed by atoms with Gasteiger partial charge in [-0.15, -0.1) is 11.3 Å². The van der Waals surface area contributed by atoms with E-state index < -0.39 is 0 Å². The number of nitrogen functional groups attached to an aromatic ring is 1. The number of thiophene rings is 1. The molecule has 1 aliphatic rings. The van der Waals surface area contributed by atoms with Gasteiger partial charge in [0.15, 0.2) is 11.6 Å². The predicted octanol–water partition coefficient (Wildman–Crippen LogP) is 2.57. The lowest BCUT2D eigenvalue weighted by Crippen LogP contribution is -1.98. The fourth-order valence-corrected chi connectivity index (χ4v) is 3.81. The Bertz CT molecular complexity index is 582. The summed E-state index contributed by atoms with van der Waals surface area (Å²) in [5.74, 6) is 1.86. The summed E-state index contributed by atoms with van der Waals surface area (Å²) in [6.07, 6.45) is 5.55. The third kappa shape index (κ3) is 1.73. The van der Waals surface area contributed by atoms with Crippen LogP contribution in [0.1, 0.15) is 36.0 Å². The fraction of sp³-hybridized carbons (Fsp3) is 0.538. The lowest BCUT2D eigenvalue weighted by Gasteiger charge is -2.02. The Morgan fingerprint density at radius 3 is 3.00 bits per heavy atom. The molecule has 3 rings (SSSR count). The van der Waals surface area contributed by atoms with Crippen LogP contribution in [0.4, 0.5) is 5.00 Å². The van der Waals surface area contributed by atoms with E-state index in [-0.39, 0.29) is 0 Å². The quantitative estimate of drug-likeness (QED) is 0.925. The summed E-state index contributed by atoms with van der Waals surface area (Å²) >= 11 is 1.73. The highest BCUT2D eigenvalue weighted by Gasteiger charge is 2.24. The van der Waals surface area contributed by atoms with Gasteiger partial charge in [0, 0.05) is 18.3 Å². The molecule has 4 nitrogen and oxygen atoms in total. The Hall–Kier alpha value is -1.36. The summed E-state index contributed by atoms with van der Waals surface area (Å²) in [7, 11) is 1.96. The maximum atomic E-state index is 6.17. The molecule has 96 valence electrons. The molecule has 0 fully saturated rings. The molecule has 0 spiro atoms. The Balaban J connectivity index is 2.09. The van der Waals surface area contributed by atoms with Crippen LogP contribution in [0.2, 0.25) is 0 Å². The van der Waals surface area contributed by atoms with Crippen molar-refractivity contribution in [1.29, 1.82) is 0 Å². The number of hydrogen-bond donors (Lipinski definition) is 1. The molecule has 2 N–H and O–H groups in total. The SMILES string of the molecule is CCCc1nc(-c2c(N)sc3c2CCC3)n(C)n1. The fourth-order valence-electron chi connectivity index (χ4n) is 2.66. The molecule has 2 aromatic rings. The summed E-state index contributed by atoms with van der Waals surface area (Å²) in [5.41, 5.74) is 8.73. The van der Waals surface area contributed by atoms with Crippen LogP contribution in [0.5, 0.6) is 0 Å². The van der Waals surface area contributed by atoms with Crippen LogP contribution >= 0.6 is 11.3 Å². The van der Waals surface area contributed by atoms with E-state index >= 15 is 0 Å². The number of aromatic nitrogens is 3. The Morgan fingerprint density at radius 1 is 1.39 bits per heavy atom. The minimum Gasteiger partial charge on any atom is -0.390 e. The van der Waals surface area contributed by atoms with Crippen molar-refractivity contribution >= 4 is 16.3 Å². The zero-order chi connectivity index (χ0) is 12.7. The number of anilines is 1. The van der Waals surface area contributed by atoms with Gasteiger partial charge in [-0.2, -0.15) is 5.10 Å². The first-order valence-electron chi connectivity index (χ1n) is 6.51. The summed E-state index contributed by atoms with van der Waals surface area (Å²) < 4.78 is 1.88. The number of nitrogens with two attached hydrogens (primary N) is 1. The minimum atomic E-state index is 0.901. The zero-order valence-electron chi connectivity index (χ0n) is 10.9. The van der Waals surface area contributed by atoms with Gasteiger partial charge in [-0.1, -0.05) is 6.92 Å². The average Bonchev–Trinajstić information content (AvgIpc) is 2.95. The highest BCUT2D eigenvalue weighted by atomic mass is 32.1. The van der Waals surface area contributed by atoms with E-state index in [1.807, 2.05) is 11.7 Å². The van der Waals surface area contributed by atoms with Crippen molar-refractivity contribution in [1.82, 2.24) is 14.8 Å². The highest BCUT2D eigenvalue weighted by Crippen LogP contribution is 2.42. The number of nitrogens with zero attached hydrogens (tertiary/aromatic N) is 3. The molecule has 0 aromatic carbocycles. The first-order valence-corrected chi connectivity index (χ1v) is 7.32. The second-order valence-electron chi connectivity index (χ2n) is 4.82. The summed E-state index contributed by atoms with van der Waals surface area (Å²) in [6, 6.07) is 0. The molecule has 1 aliphatic carbocycles. The maximum Gasteiger partial charge on any atom is 0.161 e. The van der Waals surface area contributed by atoms with Crippen molar-refractivity contribution in [2.45, 2.75) is 39.0 Å². The van der Waals surface area contributed by atoms with Crippen molar-refractivity contribution in [3.05, 3.63) is 16.3 Å². The lowest BCUT2D eigenvalue weighted by molar-refractivity contribution is 0.737. The van der Waals surface area contributed by atoms with Crippen LogP contribution in [0.25, 0.3) is 11.4 Å². The van der Waals surface area contributed by atoms with E-state index in [0.29, 0.717) is 0 Å². The van der Waals surface area contributed by atoms with E-state index in [1.54, 1.807) is 11.3 Å². The van der Waals surface area contributed by atoms with Gasteiger partial charge in [-0.3, -0.25) is 0 Å². The topological polar surface area (TPSA) is 56.7 Å². The van der Waals surface area contributed by atoms with Crippen molar-refractivity contribution in [2.24, 2.45) is 7.05 Å². The first kappa shape index (κ1) is 11.7. The van der Waals surface area contributed by atoms with Gasteiger partial charge in [0.2, 0.25) is 0 Å². The number of hydrogen-bond acceptors (Lipinski definition) is 4. The number of rotatable bonds is 3. The van der Waals surface area contributed by atoms with Crippen molar-refractivity contribution in [2.75, 3.05) is 5.73 Å². The van der Waals surface area contributed by atoms with E-state index in [2.05, 4.69) is 17.0 Å². The van der Waals surface area contributed by atoms with Gasteiger partial charge in [-0.05, 0) is 31.2 Å². The monoisotopic (exact) mass is 262 g/mol. The molecule has 2 aromatic heterocycles. The van der Waals surface area contributed by atoms with E-state index in [4.69, 9.17) is 5.73 Å². The molecule has 5 heteroatoms. The number of fused-ring (bicyclic) bond motifs is 1. The second kappa shape index (κ2) is 4.39. The molecule has 0 amide bonds. The first-order chi connectivity index (χ1) is 8.70. The number of aryl methyl sites for hydroxylation is 3. The van der Waals surface area contributed by atoms with Crippen molar-refractivity contribution in [3.8, 4) is 11.4 Å². The van der Waals surface area contributed by atoms with E-state index in [0.717, 1.165) is 41.5 Å². The average molecular weight is 262 g/mol. The zero-order valence-corrected chi connectivity index (χ0v) is 11.7. The molecule has 0 atom stereocenters. The van der Waals surface area contributed by atoms with Crippen molar-refractivity contribution < 1.29 is 0 Å². The standard InChI is InChI=1S/C13H18N4S/c1-3-5-10-15-13(17(2)16-10)11-8-6-4-7-9(8)18-12(11)14/h3-7,14H2,1-2H3. The van der Waals surface area contributed by atoms with Gasteiger partial charge in [-0.25, -0.2) is 9.67 Å².